The molecule has 20 heavy (non-hydrogen) atoms. The Balaban J connectivity index is 2.34. The first kappa shape index (κ1) is 14.4. The van der Waals surface area contributed by atoms with Gasteiger partial charge in [-0.15, -0.1) is 0 Å². The maximum Gasteiger partial charge on any atom is 0.312 e. The molecule has 0 atom stereocenters. The third kappa shape index (κ3) is 3.31. The van der Waals surface area contributed by atoms with Crippen molar-refractivity contribution in [1.82, 2.24) is 10.3 Å². The van der Waals surface area contributed by atoms with E-state index < -0.39 is 4.92 Å². The lowest BCUT2D eigenvalue weighted by molar-refractivity contribution is -0.385. The fraction of sp³-hybridized carbons (Fsp3) is 0.154. The zero-order valence-electron chi connectivity index (χ0n) is 10.7. The quantitative estimate of drug-likeness (QED) is 0.669. The van der Waals surface area contributed by atoms with Gasteiger partial charge in [0.15, 0.2) is 0 Å². The molecule has 0 aliphatic rings. The van der Waals surface area contributed by atoms with E-state index in [1.165, 1.54) is 12.3 Å². The Morgan fingerprint density at radius 1 is 1.45 bits per heavy atom. The monoisotopic (exact) mass is 337 g/mol. The number of ether oxygens (including phenoxy) is 1. The van der Waals surface area contributed by atoms with Gasteiger partial charge in [-0.1, -0.05) is 6.07 Å². The molecule has 0 saturated heterocycles. The molecule has 0 unspecified atom stereocenters. The Kier molecular flexibility index (Phi) is 4.65. The third-order valence-corrected chi connectivity index (χ3v) is 3.14. The number of nitro groups is 1. The van der Waals surface area contributed by atoms with Crippen molar-refractivity contribution in [3.05, 3.63) is 56.8 Å². The summed E-state index contributed by atoms with van der Waals surface area (Å²) in [6.45, 7) is 0.641. The van der Waals surface area contributed by atoms with Gasteiger partial charge in [-0.25, -0.2) is 0 Å². The molecule has 104 valence electrons. The normalized spacial score (nSPS) is 10.3. The molecule has 0 aliphatic carbocycles. The molecule has 6 nitrogen and oxygen atoms in total. The molecule has 0 bridgehead atoms. The average molecular weight is 338 g/mol. The fourth-order valence-electron chi connectivity index (χ4n) is 1.68. The highest BCUT2D eigenvalue weighted by Crippen LogP contribution is 2.37. The first-order valence-electron chi connectivity index (χ1n) is 5.81. The number of nitrogens with zero attached hydrogens (tertiary/aromatic N) is 2. The van der Waals surface area contributed by atoms with Gasteiger partial charge >= 0.3 is 5.69 Å². The van der Waals surface area contributed by atoms with E-state index >= 15 is 0 Å². The molecule has 1 N–H and O–H groups in total. The Morgan fingerprint density at radius 3 is 2.95 bits per heavy atom. The number of para-hydroxylation sites is 1. The van der Waals surface area contributed by atoms with E-state index in [4.69, 9.17) is 4.74 Å². The minimum atomic E-state index is -0.481. The van der Waals surface area contributed by atoms with Crippen LogP contribution in [0.5, 0.6) is 11.5 Å². The van der Waals surface area contributed by atoms with Gasteiger partial charge in [0.05, 0.1) is 15.6 Å². The van der Waals surface area contributed by atoms with Crippen LogP contribution in [0.25, 0.3) is 0 Å². The standard InChI is InChI=1S/C13H12BrN3O3/c1-15-6-9-5-10(8-16-7-9)20-13-11(14)3-2-4-12(13)17(18)19/h2-5,7-8,15H,6H2,1H3. The van der Waals surface area contributed by atoms with Gasteiger partial charge in [0.1, 0.15) is 5.75 Å². The first-order valence-corrected chi connectivity index (χ1v) is 6.60. The topological polar surface area (TPSA) is 77.3 Å². The third-order valence-electron chi connectivity index (χ3n) is 2.51. The summed E-state index contributed by atoms with van der Waals surface area (Å²) in [5, 5.41) is 14.0. The van der Waals surface area contributed by atoms with Crippen LogP contribution < -0.4 is 10.1 Å². The maximum absolute atomic E-state index is 11.0. The number of benzene rings is 1. The molecular weight excluding hydrogens is 326 g/mol. The summed E-state index contributed by atoms with van der Waals surface area (Å²) in [5.41, 5.74) is 0.832. The van der Waals surface area contributed by atoms with E-state index in [-0.39, 0.29) is 11.4 Å². The summed E-state index contributed by atoms with van der Waals surface area (Å²) < 4.78 is 6.13. The predicted octanol–water partition coefficient (Wildman–Crippen LogP) is 3.26. The lowest BCUT2D eigenvalue weighted by Gasteiger charge is -2.09. The lowest BCUT2D eigenvalue weighted by Crippen LogP contribution is -2.05. The minimum absolute atomic E-state index is 0.0987. The smallest absolute Gasteiger partial charge is 0.312 e. The lowest BCUT2D eigenvalue weighted by atomic mass is 10.2. The van der Waals surface area contributed by atoms with Crippen LogP contribution in [0.2, 0.25) is 0 Å². The number of aromatic nitrogens is 1. The van der Waals surface area contributed by atoms with Gasteiger partial charge in [0.25, 0.3) is 0 Å². The van der Waals surface area contributed by atoms with Crippen LogP contribution in [0.3, 0.4) is 0 Å². The SMILES string of the molecule is CNCc1cncc(Oc2c(Br)cccc2[N+](=O)[O-])c1. The summed E-state index contributed by atoms with van der Waals surface area (Å²) in [7, 11) is 1.83. The number of hydrogen-bond donors (Lipinski definition) is 1. The van der Waals surface area contributed by atoms with Gasteiger partial charge in [0, 0.05) is 18.8 Å². The zero-order chi connectivity index (χ0) is 14.5. The van der Waals surface area contributed by atoms with Crippen LogP contribution >= 0.6 is 15.9 Å². The van der Waals surface area contributed by atoms with E-state index in [1.54, 1.807) is 24.4 Å². The minimum Gasteiger partial charge on any atom is -0.447 e. The molecule has 0 radical (unpaired) electrons. The van der Waals surface area contributed by atoms with Crippen LogP contribution in [0.15, 0.2) is 41.1 Å². The van der Waals surface area contributed by atoms with Gasteiger partial charge in [-0.3, -0.25) is 15.1 Å². The number of pyridine rings is 1. The van der Waals surface area contributed by atoms with Crippen molar-refractivity contribution in [2.45, 2.75) is 6.54 Å². The second-order valence-corrected chi connectivity index (χ2v) is 4.86. The van der Waals surface area contributed by atoms with Crippen molar-refractivity contribution in [1.29, 1.82) is 0 Å². The fourth-order valence-corrected chi connectivity index (χ4v) is 2.12. The molecule has 1 aromatic heterocycles. The van der Waals surface area contributed by atoms with E-state index in [0.29, 0.717) is 16.8 Å². The van der Waals surface area contributed by atoms with Crippen LogP contribution in [0.1, 0.15) is 5.56 Å². The summed E-state index contributed by atoms with van der Waals surface area (Å²) in [5.74, 6) is 0.619. The number of halogens is 1. The van der Waals surface area contributed by atoms with Crippen molar-refractivity contribution >= 4 is 21.6 Å². The van der Waals surface area contributed by atoms with Gasteiger partial charge in [-0.05, 0) is 40.7 Å². The van der Waals surface area contributed by atoms with Crippen LogP contribution in [0.4, 0.5) is 5.69 Å². The summed E-state index contributed by atoms with van der Waals surface area (Å²) in [4.78, 5) is 14.6. The molecule has 0 amide bonds. The molecule has 2 aromatic rings. The summed E-state index contributed by atoms with van der Waals surface area (Å²) in [6.07, 6.45) is 3.22. The summed E-state index contributed by atoms with van der Waals surface area (Å²) in [6, 6.07) is 6.45. The molecule has 7 heteroatoms. The molecule has 0 saturated carbocycles. The van der Waals surface area contributed by atoms with E-state index in [1.807, 2.05) is 7.05 Å². The van der Waals surface area contributed by atoms with Gasteiger partial charge in [-0.2, -0.15) is 0 Å². The van der Waals surface area contributed by atoms with E-state index in [9.17, 15) is 10.1 Å². The zero-order valence-corrected chi connectivity index (χ0v) is 12.3. The van der Waals surface area contributed by atoms with Crippen molar-refractivity contribution in [2.75, 3.05) is 7.05 Å². The van der Waals surface area contributed by atoms with Gasteiger partial charge < -0.3 is 10.1 Å². The number of nitrogens with one attached hydrogen (secondary N) is 1. The molecule has 0 aliphatic heterocycles. The Labute approximate surface area is 124 Å². The number of nitro benzene ring substituents is 1. The predicted molar refractivity (Wildman–Crippen MR) is 77.9 cm³/mol. The molecule has 0 spiro atoms. The van der Waals surface area contributed by atoms with Crippen LogP contribution in [-0.2, 0) is 6.54 Å². The second kappa shape index (κ2) is 6.44. The summed E-state index contributed by atoms with van der Waals surface area (Å²) >= 11 is 3.26. The Hall–Kier alpha value is -1.99. The van der Waals surface area contributed by atoms with Crippen molar-refractivity contribution in [2.24, 2.45) is 0 Å². The molecule has 1 heterocycles. The molecular formula is C13H12BrN3O3. The van der Waals surface area contributed by atoms with Crippen LogP contribution in [0, 0.1) is 10.1 Å². The largest absolute Gasteiger partial charge is 0.447 e. The Bertz CT molecular complexity index is 634. The Morgan fingerprint density at radius 2 is 2.25 bits per heavy atom. The van der Waals surface area contributed by atoms with Crippen LogP contribution in [-0.4, -0.2) is 17.0 Å². The second-order valence-electron chi connectivity index (χ2n) is 4.01. The number of hydrogen-bond acceptors (Lipinski definition) is 5. The van der Waals surface area contributed by atoms with E-state index in [2.05, 4.69) is 26.2 Å². The molecule has 0 fully saturated rings. The first-order chi connectivity index (χ1) is 9.61. The highest BCUT2D eigenvalue weighted by atomic mass is 79.9. The van der Waals surface area contributed by atoms with Crippen molar-refractivity contribution in [3.63, 3.8) is 0 Å². The van der Waals surface area contributed by atoms with Crippen molar-refractivity contribution in [3.8, 4) is 11.5 Å². The molecule has 1 aromatic carbocycles. The maximum atomic E-state index is 11.0. The van der Waals surface area contributed by atoms with Gasteiger partial charge in [0.2, 0.25) is 5.75 Å². The van der Waals surface area contributed by atoms with E-state index in [0.717, 1.165) is 5.56 Å². The highest BCUT2D eigenvalue weighted by molar-refractivity contribution is 9.10. The highest BCUT2D eigenvalue weighted by Gasteiger charge is 2.18. The van der Waals surface area contributed by atoms with Crippen molar-refractivity contribution < 1.29 is 9.66 Å². The molecule has 2 rings (SSSR count). The number of rotatable bonds is 5. The average Bonchev–Trinajstić information content (AvgIpc) is 2.41.